The zero-order chi connectivity index (χ0) is 17.4. The fraction of sp³-hybridized carbons (Fsp3) is 0.556. The quantitative estimate of drug-likeness (QED) is 0.751. The van der Waals surface area contributed by atoms with Gasteiger partial charge in [0.1, 0.15) is 5.82 Å². The van der Waals surface area contributed by atoms with Crippen LogP contribution in [0.1, 0.15) is 38.5 Å². The summed E-state index contributed by atoms with van der Waals surface area (Å²) < 4.78 is 13.9. The Kier molecular flexibility index (Phi) is 7.03. The predicted molar refractivity (Wildman–Crippen MR) is 92.3 cm³/mol. The first-order chi connectivity index (χ1) is 11.6. The van der Waals surface area contributed by atoms with Gasteiger partial charge in [0.05, 0.1) is 5.69 Å². The second-order valence-electron chi connectivity index (χ2n) is 6.18. The highest BCUT2D eigenvalue weighted by Crippen LogP contribution is 2.22. The molecule has 1 heterocycles. The number of nitrogens with one attached hydrogen (secondary N) is 2. The Balaban J connectivity index is 1.75. The third-order valence-corrected chi connectivity index (χ3v) is 4.32. The van der Waals surface area contributed by atoms with E-state index < -0.39 is 0 Å². The van der Waals surface area contributed by atoms with Crippen molar-refractivity contribution in [3.8, 4) is 0 Å². The molecule has 0 aromatic heterocycles. The summed E-state index contributed by atoms with van der Waals surface area (Å²) in [6, 6.07) is 6.79. The van der Waals surface area contributed by atoms with E-state index in [9.17, 15) is 14.0 Å². The van der Waals surface area contributed by atoms with Gasteiger partial charge in [0.2, 0.25) is 11.8 Å². The fourth-order valence-corrected chi connectivity index (χ4v) is 3.02. The lowest BCUT2D eigenvalue weighted by atomic mass is 10.0. The molecule has 2 N–H and O–H groups in total. The average molecular weight is 335 g/mol. The Morgan fingerprint density at radius 3 is 2.62 bits per heavy atom. The second-order valence-corrected chi connectivity index (χ2v) is 6.18. The number of carbonyl (C=O) groups is 2. The summed E-state index contributed by atoms with van der Waals surface area (Å²) in [6.45, 7) is 1.43. The van der Waals surface area contributed by atoms with Crippen LogP contribution in [0.5, 0.6) is 0 Å². The Bertz CT molecular complexity index is 565. The van der Waals surface area contributed by atoms with Crippen LogP contribution in [0.25, 0.3) is 0 Å². The third-order valence-electron chi connectivity index (χ3n) is 4.32. The number of hydrogen-bond donors (Lipinski definition) is 2. The highest BCUT2D eigenvalue weighted by atomic mass is 19.1. The van der Waals surface area contributed by atoms with Crippen molar-refractivity contribution >= 4 is 17.5 Å². The first kappa shape index (κ1) is 18.2. The van der Waals surface area contributed by atoms with Crippen LogP contribution >= 0.6 is 0 Å². The molecule has 6 heteroatoms. The number of hydrogen-bond acceptors (Lipinski definition) is 3. The molecule has 0 aliphatic carbocycles. The summed E-state index contributed by atoms with van der Waals surface area (Å²) in [5.41, 5.74) is 0.599. The van der Waals surface area contributed by atoms with E-state index in [4.69, 9.17) is 0 Å². The van der Waals surface area contributed by atoms with Crippen molar-refractivity contribution in [2.24, 2.45) is 0 Å². The number of para-hydroxylation sites is 1. The van der Waals surface area contributed by atoms with Gasteiger partial charge in [-0.25, -0.2) is 4.39 Å². The maximum Gasteiger partial charge on any atom is 0.220 e. The van der Waals surface area contributed by atoms with Crippen molar-refractivity contribution < 1.29 is 14.0 Å². The van der Waals surface area contributed by atoms with Gasteiger partial charge in [-0.15, -0.1) is 0 Å². The lowest BCUT2D eigenvalue weighted by Gasteiger charge is -2.35. The molecule has 1 atom stereocenters. The van der Waals surface area contributed by atoms with E-state index in [0.29, 0.717) is 37.9 Å². The molecule has 5 nitrogen and oxygen atoms in total. The number of piperidine rings is 1. The zero-order valence-electron chi connectivity index (χ0n) is 14.2. The molecule has 132 valence electrons. The lowest BCUT2D eigenvalue weighted by molar-refractivity contribution is -0.123. The van der Waals surface area contributed by atoms with Gasteiger partial charge < -0.3 is 15.5 Å². The molecule has 0 radical (unpaired) electrons. The summed E-state index contributed by atoms with van der Waals surface area (Å²) in [4.78, 5) is 25.2. The van der Waals surface area contributed by atoms with Crippen molar-refractivity contribution in [3.05, 3.63) is 30.1 Å². The van der Waals surface area contributed by atoms with Crippen LogP contribution in [-0.4, -0.2) is 38.0 Å². The molecule has 24 heavy (non-hydrogen) atoms. The van der Waals surface area contributed by atoms with Crippen molar-refractivity contribution in [2.75, 3.05) is 25.0 Å². The number of nitrogens with zero attached hydrogens (tertiary/aromatic N) is 1. The van der Waals surface area contributed by atoms with E-state index in [-0.39, 0.29) is 23.7 Å². The highest BCUT2D eigenvalue weighted by molar-refractivity contribution is 5.77. The molecular weight excluding hydrogens is 309 g/mol. The molecule has 1 aliphatic heterocycles. The number of rotatable bonds is 7. The Labute approximate surface area is 142 Å². The maximum absolute atomic E-state index is 13.9. The van der Waals surface area contributed by atoms with Crippen molar-refractivity contribution in [1.29, 1.82) is 0 Å². The molecule has 0 saturated carbocycles. The smallest absolute Gasteiger partial charge is 0.220 e. The lowest BCUT2D eigenvalue weighted by Crippen LogP contribution is -2.48. The van der Waals surface area contributed by atoms with Crippen LogP contribution in [0.15, 0.2) is 24.3 Å². The molecule has 2 rings (SSSR count). The summed E-state index contributed by atoms with van der Waals surface area (Å²) in [5, 5.41) is 5.60. The van der Waals surface area contributed by atoms with Gasteiger partial charge in [-0.05, 0) is 37.8 Å². The number of halogens is 1. The Hall–Kier alpha value is -2.11. The Morgan fingerprint density at radius 2 is 1.92 bits per heavy atom. The number of unbranched alkanes of at least 4 members (excludes halogenated alkanes) is 1. The first-order valence-corrected chi connectivity index (χ1v) is 8.59. The largest absolute Gasteiger partial charge is 0.367 e. The van der Waals surface area contributed by atoms with E-state index in [2.05, 4.69) is 10.6 Å². The standard InChI is InChI=1S/C18H26FN3O2/c1-20-17(23)10-4-5-11-18(24)21-14-7-6-12-22(13-14)16-9-3-2-8-15(16)19/h2-3,8-9,14H,4-7,10-13H2,1H3,(H,20,23)(H,21,24)/t14-/m0/s1. The number of carbonyl (C=O) groups excluding carboxylic acids is 2. The van der Waals surface area contributed by atoms with E-state index in [1.54, 1.807) is 19.2 Å². The van der Waals surface area contributed by atoms with Crippen LogP contribution in [0.3, 0.4) is 0 Å². The van der Waals surface area contributed by atoms with E-state index in [0.717, 1.165) is 19.4 Å². The minimum absolute atomic E-state index is 0.00298. The Morgan fingerprint density at radius 1 is 1.21 bits per heavy atom. The summed E-state index contributed by atoms with van der Waals surface area (Å²) in [6.07, 6.45) is 4.12. The fourth-order valence-electron chi connectivity index (χ4n) is 3.02. The molecule has 1 aromatic rings. The number of benzene rings is 1. The maximum atomic E-state index is 13.9. The normalized spacial score (nSPS) is 17.4. The topological polar surface area (TPSA) is 61.4 Å². The minimum atomic E-state index is -0.223. The van der Waals surface area contributed by atoms with E-state index in [1.165, 1.54) is 6.07 Å². The number of amides is 2. The van der Waals surface area contributed by atoms with Crippen LogP contribution in [-0.2, 0) is 9.59 Å². The van der Waals surface area contributed by atoms with Crippen LogP contribution in [0, 0.1) is 5.82 Å². The zero-order valence-corrected chi connectivity index (χ0v) is 14.2. The van der Waals surface area contributed by atoms with Gasteiger partial charge in [-0.1, -0.05) is 12.1 Å². The van der Waals surface area contributed by atoms with Crippen molar-refractivity contribution in [1.82, 2.24) is 10.6 Å². The monoisotopic (exact) mass is 335 g/mol. The molecule has 2 amide bonds. The molecule has 0 spiro atoms. The van der Waals surface area contributed by atoms with Gasteiger partial charge >= 0.3 is 0 Å². The van der Waals surface area contributed by atoms with Gasteiger partial charge in [-0.2, -0.15) is 0 Å². The first-order valence-electron chi connectivity index (χ1n) is 8.59. The van der Waals surface area contributed by atoms with Crippen molar-refractivity contribution in [3.63, 3.8) is 0 Å². The van der Waals surface area contributed by atoms with Crippen LogP contribution in [0.2, 0.25) is 0 Å². The average Bonchev–Trinajstić information content (AvgIpc) is 2.59. The van der Waals surface area contributed by atoms with Gasteiger partial charge in [0, 0.05) is 39.0 Å². The molecule has 0 unspecified atom stereocenters. The summed E-state index contributed by atoms with van der Waals surface area (Å²) >= 11 is 0. The van der Waals surface area contributed by atoms with E-state index >= 15 is 0 Å². The molecule has 1 fully saturated rings. The second kappa shape index (κ2) is 9.25. The van der Waals surface area contributed by atoms with Crippen molar-refractivity contribution in [2.45, 2.75) is 44.6 Å². The SMILES string of the molecule is CNC(=O)CCCCC(=O)N[C@H]1CCCN(c2ccccc2F)C1. The van der Waals surface area contributed by atoms with Gasteiger partial charge in [0.15, 0.2) is 0 Å². The van der Waals surface area contributed by atoms with Gasteiger partial charge in [0.25, 0.3) is 0 Å². The molecule has 1 aliphatic rings. The summed E-state index contributed by atoms with van der Waals surface area (Å²) in [7, 11) is 1.61. The molecule has 1 saturated heterocycles. The molecule has 1 aromatic carbocycles. The number of anilines is 1. The highest BCUT2D eigenvalue weighted by Gasteiger charge is 2.22. The van der Waals surface area contributed by atoms with E-state index in [1.807, 2.05) is 11.0 Å². The van der Waals surface area contributed by atoms with Gasteiger partial charge in [-0.3, -0.25) is 9.59 Å². The predicted octanol–water partition coefficient (Wildman–Crippen LogP) is 2.22. The molecule has 0 bridgehead atoms. The van der Waals surface area contributed by atoms with Crippen LogP contribution < -0.4 is 15.5 Å². The third kappa shape index (κ3) is 5.51. The minimum Gasteiger partial charge on any atom is -0.367 e. The molecular formula is C18H26FN3O2. The van der Waals surface area contributed by atoms with Crippen LogP contribution in [0.4, 0.5) is 10.1 Å². The summed E-state index contributed by atoms with van der Waals surface area (Å²) in [5.74, 6) is -0.214.